The average Bonchev–Trinajstić information content (AvgIpc) is 3.70. The zero-order valence-electron chi connectivity index (χ0n) is 20.6. The fraction of sp³-hybridized carbons (Fsp3) is 0.333. The first-order chi connectivity index (χ1) is 17.6. The normalized spacial score (nSPS) is 17.3. The summed E-state index contributed by atoms with van der Waals surface area (Å²) < 4.78 is 5.55. The Kier molecular flexibility index (Phi) is 7.61. The topological polar surface area (TPSA) is 58.6 Å². The van der Waals surface area contributed by atoms with Gasteiger partial charge in [0, 0.05) is 12.1 Å². The zero-order valence-corrected chi connectivity index (χ0v) is 21.4. The van der Waals surface area contributed by atoms with Crippen LogP contribution < -0.4 is 15.0 Å². The number of nitrogens with one attached hydrogen (secondary N) is 1. The molecule has 0 bridgehead atoms. The van der Waals surface area contributed by atoms with Gasteiger partial charge in [0.15, 0.2) is 0 Å². The molecular weight excluding hydrogens is 468 g/mol. The van der Waals surface area contributed by atoms with Crippen molar-refractivity contribution in [1.82, 2.24) is 5.32 Å². The molecule has 2 aliphatic rings. The van der Waals surface area contributed by atoms with Gasteiger partial charge in [0.1, 0.15) is 11.1 Å². The van der Waals surface area contributed by atoms with Gasteiger partial charge in [0.05, 0.1) is 18.6 Å². The van der Waals surface area contributed by atoms with Gasteiger partial charge >= 0.3 is 0 Å². The molecule has 1 aliphatic carbocycles. The van der Waals surface area contributed by atoms with Gasteiger partial charge in [-0.05, 0) is 79.0 Å². The largest absolute Gasteiger partial charge is 0.495 e. The van der Waals surface area contributed by atoms with Crippen LogP contribution in [0, 0.1) is 0 Å². The van der Waals surface area contributed by atoms with Crippen molar-refractivity contribution in [2.75, 3.05) is 24.3 Å². The van der Waals surface area contributed by atoms with Crippen molar-refractivity contribution in [3.63, 3.8) is 0 Å². The summed E-state index contributed by atoms with van der Waals surface area (Å²) in [5.41, 5.74) is 4.96. The van der Waals surface area contributed by atoms with Crippen molar-refractivity contribution in [2.45, 2.75) is 43.4 Å². The highest BCUT2D eigenvalue weighted by Crippen LogP contribution is 2.47. The average molecular weight is 501 g/mol. The Morgan fingerprint density at radius 1 is 1.00 bits per heavy atom. The molecule has 1 saturated carbocycles. The number of hydrogen-bond acceptors (Lipinski definition) is 4. The number of hydrogen-bond donors (Lipinski definition) is 1. The van der Waals surface area contributed by atoms with Gasteiger partial charge in [-0.15, -0.1) is 11.8 Å². The van der Waals surface area contributed by atoms with E-state index in [4.69, 9.17) is 4.74 Å². The van der Waals surface area contributed by atoms with E-state index in [9.17, 15) is 9.59 Å². The van der Waals surface area contributed by atoms with E-state index in [0.29, 0.717) is 29.5 Å². The number of aryl methyl sites for hydroxylation is 1. The Hall–Kier alpha value is -3.25. The number of ether oxygens (including phenoxy) is 1. The standard InChI is InChI=1S/C30H32N2O3S/c1-35-27-13-6-5-12-26(27)32-28(33)20-36-30(32)25-18-23(22-14-15-22)17-24(19-25)29(34)31-16-8-7-11-21-9-3-2-4-10-21/h2-6,9-10,12-13,17-19,22,30H,7-8,11,14-16,20H2,1H3,(H,31,34). The fourth-order valence-electron chi connectivity index (χ4n) is 4.77. The summed E-state index contributed by atoms with van der Waals surface area (Å²) in [4.78, 5) is 27.9. The number of unbranched alkanes of at least 4 members (excludes halogenated alkanes) is 1. The first-order valence-corrected chi connectivity index (χ1v) is 13.7. The van der Waals surface area contributed by atoms with E-state index in [1.807, 2.05) is 47.4 Å². The molecule has 1 aliphatic heterocycles. The molecule has 0 aromatic heterocycles. The molecule has 0 spiro atoms. The van der Waals surface area contributed by atoms with E-state index >= 15 is 0 Å². The molecule has 3 aromatic carbocycles. The van der Waals surface area contributed by atoms with Gasteiger partial charge in [0.2, 0.25) is 5.91 Å². The van der Waals surface area contributed by atoms with Crippen LogP contribution in [0.3, 0.4) is 0 Å². The molecule has 5 nitrogen and oxygen atoms in total. The second-order valence-corrected chi connectivity index (χ2v) is 10.5. The minimum atomic E-state index is -0.190. The van der Waals surface area contributed by atoms with Gasteiger partial charge in [-0.3, -0.25) is 14.5 Å². The van der Waals surface area contributed by atoms with Crippen LogP contribution in [0.5, 0.6) is 5.75 Å². The summed E-state index contributed by atoms with van der Waals surface area (Å²) in [5.74, 6) is 1.58. The fourth-order valence-corrected chi connectivity index (χ4v) is 5.91. The number of anilines is 1. The van der Waals surface area contributed by atoms with Gasteiger partial charge in [-0.1, -0.05) is 48.5 Å². The molecule has 1 saturated heterocycles. The van der Waals surface area contributed by atoms with Gasteiger partial charge < -0.3 is 10.1 Å². The molecule has 36 heavy (non-hydrogen) atoms. The summed E-state index contributed by atoms with van der Waals surface area (Å²) in [6.07, 6.45) is 5.29. The number of carbonyl (C=O) groups excluding carboxylic acids is 2. The number of thioether (sulfide) groups is 1. The Morgan fingerprint density at radius 2 is 1.75 bits per heavy atom. The third-order valence-corrected chi connectivity index (χ3v) is 8.02. The molecular formula is C30H32N2O3S. The predicted octanol–water partition coefficient (Wildman–Crippen LogP) is 6.10. The molecule has 1 N–H and O–H groups in total. The van der Waals surface area contributed by atoms with E-state index < -0.39 is 0 Å². The SMILES string of the molecule is COc1ccccc1N1C(=O)CSC1c1cc(C(=O)NCCCCc2ccccc2)cc(C2CC2)c1. The number of methoxy groups -OCH3 is 1. The smallest absolute Gasteiger partial charge is 0.251 e. The molecule has 0 radical (unpaired) electrons. The lowest BCUT2D eigenvalue weighted by Gasteiger charge is -2.26. The maximum absolute atomic E-state index is 13.1. The van der Waals surface area contributed by atoms with Crippen molar-refractivity contribution in [3.05, 3.63) is 95.1 Å². The van der Waals surface area contributed by atoms with Crippen LogP contribution >= 0.6 is 11.8 Å². The Morgan fingerprint density at radius 3 is 2.53 bits per heavy atom. The van der Waals surface area contributed by atoms with Crippen LogP contribution in [-0.4, -0.2) is 31.2 Å². The Balaban J connectivity index is 1.31. The number of para-hydroxylation sites is 2. The van der Waals surface area contributed by atoms with E-state index in [2.05, 4.69) is 35.6 Å². The number of carbonyl (C=O) groups is 2. The number of benzene rings is 3. The van der Waals surface area contributed by atoms with Crippen molar-refractivity contribution in [1.29, 1.82) is 0 Å². The minimum Gasteiger partial charge on any atom is -0.495 e. The maximum atomic E-state index is 13.1. The second kappa shape index (κ2) is 11.2. The highest BCUT2D eigenvalue weighted by molar-refractivity contribution is 8.00. The van der Waals surface area contributed by atoms with Crippen molar-refractivity contribution >= 4 is 29.3 Å². The summed E-state index contributed by atoms with van der Waals surface area (Å²) in [7, 11) is 1.62. The van der Waals surface area contributed by atoms with Gasteiger partial charge in [-0.2, -0.15) is 0 Å². The quantitative estimate of drug-likeness (QED) is 0.342. The van der Waals surface area contributed by atoms with Gasteiger partial charge in [0.25, 0.3) is 5.91 Å². The molecule has 6 heteroatoms. The lowest BCUT2D eigenvalue weighted by molar-refractivity contribution is -0.115. The molecule has 1 atom stereocenters. The lowest BCUT2D eigenvalue weighted by atomic mass is 10.0. The van der Waals surface area contributed by atoms with E-state index in [1.165, 1.54) is 11.1 Å². The van der Waals surface area contributed by atoms with Crippen LogP contribution in [-0.2, 0) is 11.2 Å². The minimum absolute atomic E-state index is 0.0448. The molecule has 186 valence electrons. The predicted molar refractivity (Wildman–Crippen MR) is 146 cm³/mol. The molecule has 2 amide bonds. The zero-order chi connectivity index (χ0) is 24.9. The molecule has 3 aromatic rings. The lowest BCUT2D eigenvalue weighted by Crippen LogP contribution is -2.29. The number of rotatable bonds is 10. The highest BCUT2D eigenvalue weighted by Gasteiger charge is 2.37. The summed E-state index contributed by atoms with van der Waals surface area (Å²) >= 11 is 1.60. The van der Waals surface area contributed by atoms with Crippen molar-refractivity contribution < 1.29 is 14.3 Å². The molecule has 2 fully saturated rings. The van der Waals surface area contributed by atoms with Crippen LogP contribution in [0.15, 0.2) is 72.8 Å². The van der Waals surface area contributed by atoms with Crippen LogP contribution in [0.2, 0.25) is 0 Å². The summed E-state index contributed by atoms with van der Waals surface area (Å²) in [6.45, 7) is 0.651. The van der Waals surface area contributed by atoms with E-state index in [-0.39, 0.29) is 17.2 Å². The van der Waals surface area contributed by atoms with Crippen LogP contribution in [0.1, 0.15) is 64.0 Å². The van der Waals surface area contributed by atoms with E-state index in [0.717, 1.165) is 43.4 Å². The second-order valence-electron chi connectivity index (χ2n) is 9.46. The number of nitrogens with zero attached hydrogens (tertiary/aromatic N) is 1. The highest BCUT2D eigenvalue weighted by atomic mass is 32.2. The molecule has 5 rings (SSSR count). The van der Waals surface area contributed by atoms with Crippen LogP contribution in [0.4, 0.5) is 5.69 Å². The van der Waals surface area contributed by atoms with Crippen LogP contribution in [0.25, 0.3) is 0 Å². The first kappa shape index (κ1) is 24.4. The summed E-state index contributed by atoms with van der Waals surface area (Å²) in [6, 6.07) is 24.2. The monoisotopic (exact) mass is 500 g/mol. The number of amides is 2. The van der Waals surface area contributed by atoms with Crippen molar-refractivity contribution in [3.8, 4) is 5.75 Å². The third kappa shape index (κ3) is 5.59. The van der Waals surface area contributed by atoms with E-state index in [1.54, 1.807) is 18.9 Å². The Bertz CT molecular complexity index is 1230. The molecule has 1 unspecified atom stereocenters. The maximum Gasteiger partial charge on any atom is 0.251 e. The molecule has 1 heterocycles. The summed E-state index contributed by atoms with van der Waals surface area (Å²) in [5, 5.41) is 2.92. The van der Waals surface area contributed by atoms with Gasteiger partial charge in [-0.25, -0.2) is 0 Å². The third-order valence-electron chi connectivity index (χ3n) is 6.81. The Labute approximate surface area is 217 Å². The van der Waals surface area contributed by atoms with Crippen molar-refractivity contribution in [2.24, 2.45) is 0 Å². The first-order valence-electron chi connectivity index (χ1n) is 12.7.